The normalized spacial score (nSPS) is 11.1. The number of ether oxygens (including phenoxy) is 1. The van der Waals surface area contributed by atoms with Crippen molar-refractivity contribution in [2.75, 3.05) is 11.9 Å². The first-order valence-electron chi connectivity index (χ1n) is 10.5. The highest BCUT2D eigenvalue weighted by molar-refractivity contribution is 9.10. The molecule has 37 heavy (non-hydrogen) atoms. The molecular formula is C24H16Br2FN5O5. The fourth-order valence-corrected chi connectivity index (χ4v) is 4.23. The molecule has 4 rings (SSSR count). The molecule has 0 fully saturated rings. The minimum Gasteiger partial charge on any atom is -0.476 e. The van der Waals surface area contributed by atoms with Gasteiger partial charge in [0.05, 0.1) is 22.0 Å². The molecule has 1 amide bonds. The van der Waals surface area contributed by atoms with Crippen LogP contribution in [0.15, 0.2) is 73.4 Å². The van der Waals surface area contributed by atoms with Gasteiger partial charge in [-0.05, 0) is 49.4 Å². The van der Waals surface area contributed by atoms with E-state index in [0.717, 1.165) is 10.7 Å². The lowest BCUT2D eigenvalue weighted by Gasteiger charge is -2.11. The zero-order valence-electron chi connectivity index (χ0n) is 18.9. The van der Waals surface area contributed by atoms with Crippen LogP contribution >= 0.6 is 31.9 Å². The molecule has 0 bridgehead atoms. The van der Waals surface area contributed by atoms with Gasteiger partial charge in [0.25, 0.3) is 11.5 Å². The van der Waals surface area contributed by atoms with Crippen LogP contribution in [0.4, 0.5) is 15.8 Å². The standard InChI is InChI=1S/C24H16Br2FN5O5/c1-13-29-20-6-5-15(25)8-19(20)24(34)31(13)28-11-14-7-16(26)9-21(32(35)36)23(14)37-12-22(33)30-18-4-2-3-17(27)10-18/h2-11H,12H2,1H3,(H,30,33). The summed E-state index contributed by atoms with van der Waals surface area (Å²) in [6.45, 7) is 0.988. The Morgan fingerprint density at radius 2 is 2.00 bits per heavy atom. The number of halogens is 3. The maximum Gasteiger partial charge on any atom is 0.312 e. The summed E-state index contributed by atoms with van der Waals surface area (Å²) in [7, 11) is 0. The van der Waals surface area contributed by atoms with E-state index in [9.17, 15) is 24.1 Å². The predicted octanol–water partition coefficient (Wildman–Crippen LogP) is 5.18. The van der Waals surface area contributed by atoms with E-state index in [-0.39, 0.29) is 22.8 Å². The second kappa shape index (κ2) is 11.0. The summed E-state index contributed by atoms with van der Waals surface area (Å²) in [6.07, 6.45) is 1.21. The molecule has 1 aromatic heterocycles. The summed E-state index contributed by atoms with van der Waals surface area (Å²) in [5, 5.41) is 18.7. The van der Waals surface area contributed by atoms with Crippen LogP contribution in [0.5, 0.6) is 5.75 Å². The summed E-state index contributed by atoms with van der Waals surface area (Å²) in [6, 6.07) is 13.0. The third-order valence-electron chi connectivity index (χ3n) is 5.00. The van der Waals surface area contributed by atoms with E-state index < -0.39 is 34.5 Å². The van der Waals surface area contributed by atoms with Crippen molar-refractivity contribution in [3.05, 3.63) is 101 Å². The van der Waals surface area contributed by atoms with Crippen molar-refractivity contribution in [2.24, 2.45) is 5.10 Å². The average molecular weight is 633 g/mol. The van der Waals surface area contributed by atoms with Gasteiger partial charge in [0.1, 0.15) is 11.6 Å². The Balaban J connectivity index is 1.68. The molecule has 0 aliphatic rings. The Morgan fingerprint density at radius 3 is 2.73 bits per heavy atom. The van der Waals surface area contributed by atoms with Crippen LogP contribution in [0.25, 0.3) is 10.9 Å². The Kier molecular flexibility index (Phi) is 7.74. The highest BCUT2D eigenvalue weighted by Gasteiger charge is 2.22. The Labute approximate surface area is 225 Å². The van der Waals surface area contributed by atoms with Crippen LogP contribution in [-0.2, 0) is 4.79 Å². The number of nitro benzene ring substituents is 1. The van der Waals surface area contributed by atoms with Crippen molar-refractivity contribution in [3.63, 3.8) is 0 Å². The van der Waals surface area contributed by atoms with Crippen LogP contribution < -0.4 is 15.6 Å². The number of hydrogen-bond acceptors (Lipinski definition) is 7. The molecule has 3 aromatic carbocycles. The fourth-order valence-electron chi connectivity index (χ4n) is 3.41. The van der Waals surface area contributed by atoms with E-state index in [1.165, 1.54) is 36.5 Å². The first kappa shape index (κ1) is 26.1. The Bertz CT molecular complexity index is 1640. The second-order valence-electron chi connectivity index (χ2n) is 7.63. The first-order valence-corrected chi connectivity index (χ1v) is 12.1. The zero-order valence-corrected chi connectivity index (χ0v) is 22.1. The van der Waals surface area contributed by atoms with Crippen molar-refractivity contribution in [1.29, 1.82) is 0 Å². The SMILES string of the molecule is Cc1nc2ccc(Br)cc2c(=O)n1N=Cc1cc(Br)cc([N+](=O)[O-])c1OCC(=O)Nc1cccc(F)c1. The van der Waals surface area contributed by atoms with Gasteiger partial charge in [-0.1, -0.05) is 37.9 Å². The van der Waals surface area contributed by atoms with Gasteiger partial charge in [0.15, 0.2) is 6.61 Å². The number of hydrogen-bond donors (Lipinski definition) is 1. The number of carbonyl (C=O) groups is 1. The molecule has 0 saturated heterocycles. The maximum atomic E-state index is 13.4. The molecule has 0 unspecified atom stereocenters. The summed E-state index contributed by atoms with van der Waals surface area (Å²) >= 11 is 6.55. The molecule has 188 valence electrons. The minimum atomic E-state index is -0.672. The van der Waals surface area contributed by atoms with E-state index in [1.54, 1.807) is 25.1 Å². The molecule has 0 spiro atoms. The Hall–Kier alpha value is -3.97. The zero-order chi connectivity index (χ0) is 26.7. The molecule has 10 nitrogen and oxygen atoms in total. The van der Waals surface area contributed by atoms with Crippen LogP contribution in [0.3, 0.4) is 0 Å². The van der Waals surface area contributed by atoms with Crippen molar-refractivity contribution in [3.8, 4) is 5.75 Å². The highest BCUT2D eigenvalue weighted by atomic mass is 79.9. The van der Waals surface area contributed by atoms with E-state index in [1.807, 2.05) is 0 Å². The van der Waals surface area contributed by atoms with Gasteiger partial charge < -0.3 is 10.1 Å². The average Bonchev–Trinajstić information content (AvgIpc) is 2.83. The number of benzene rings is 3. The van der Waals surface area contributed by atoms with Gasteiger partial charge in [-0.2, -0.15) is 9.78 Å². The van der Waals surface area contributed by atoms with Crippen molar-refractivity contribution in [1.82, 2.24) is 9.66 Å². The number of carbonyl (C=O) groups excluding carboxylic acids is 1. The summed E-state index contributed by atoms with van der Waals surface area (Å²) in [5.41, 5.74) is -0.0599. The summed E-state index contributed by atoms with van der Waals surface area (Å²) < 4.78 is 21.0. The van der Waals surface area contributed by atoms with E-state index in [2.05, 4.69) is 47.3 Å². The Morgan fingerprint density at radius 1 is 1.22 bits per heavy atom. The van der Waals surface area contributed by atoms with Gasteiger partial charge in [-0.3, -0.25) is 19.7 Å². The first-order chi connectivity index (χ1) is 17.6. The number of aromatic nitrogens is 2. The smallest absolute Gasteiger partial charge is 0.312 e. The molecule has 13 heteroatoms. The summed E-state index contributed by atoms with van der Waals surface area (Å²) in [4.78, 5) is 40.8. The van der Waals surface area contributed by atoms with Gasteiger partial charge in [0, 0.05) is 26.3 Å². The number of nitro groups is 1. The number of anilines is 1. The lowest BCUT2D eigenvalue weighted by molar-refractivity contribution is -0.385. The molecule has 0 aliphatic heterocycles. The lowest BCUT2D eigenvalue weighted by atomic mass is 10.2. The predicted molar refractivity (Wildman–Crippen MR) is 143 cm³/mol. The van der Waals surface area contributed by atoms with Crippen molar-refractivity contribution in [2.45, 2.75) is 6.92 Å². The number of amides is 1. The number of rotatable bonds is 7. The number of fused-ring (bicyclic) bond motifs is 1. The number of aryl methyl sites for hydroxylation is 1. The molecule has 0 atom stereocenters. The van der Waals surface area contributed by atoms with E-state index in [4.69, 9.17) is 4.74 Å². The van der Waals surface area contributed by atoms with E-state index in [0.29, 0.717) is 19.8 Å². The largest absolute Gasteiger partial charge is 0.476 e. The highest BCUT2D eigenvalue weighted by Crippen LogP contribution is 2.34. The molecule has 1 N–H and O–H groups in total. The lowest BCUT2D eigenvalue weighted by Crippen LogP contribution is -2.21. The van der Waals surface area contributed by atoms with Crippen LogP contribution in [0, 0.1) is 22.9 Å². The van der Waals surface area contributed by atoms with Crippen LogP contribution in [-0.4, -0.2) is 33.3 Å². The van der Waals surface area contributed by atoms with Crippen LogP contribution in [0.2, 0.25) is 0 Å². The second-order valence-corrected chi connectivity index (χ2v) is 9.46. The number of nitrogens with one attached hydrogen (secondary N) is 1. The van der Waals surface area contributed by atoms with Crippen molar-refractivity contribution >= 4 is 66.3 Å². The molecule has 0 aliphatic carbocycles. The third kappa shape index (κ3) is 6.06. The van der Waals surface area contributed by atoms with E-state index >= 15 is 0 Å². The molecule has 0 saturated carbocycles. The molecule has 4 aromatic rings. The van der Waals surface area contributed by atoms with Gasteiger partial charge in [0.2, 0.25) is 5.75 Å². The fraction of sp³-hybridized carbons (Fsp3) is 0.0833. The monoisotopic (exact) mass is 631 g/mol. The third-order valence-corrected chi connectivity index (χ3v) is 5.95. The quantitative estimate of drug-likeness (QED) is 0.170. The number of nitrogens with zero attached hydrogens (tertiary/aromatic N) is 4. The van der Waals surface area contributed by atoms with Crippen molar-refractivity contribution < 1.29 is 18.8 Å². The van der Waals surface area contributed by atoms with Crippen LogP contribution in [0.1, 0.15) is 11.4 Å². The molecule has 0 radical (unpaired) electrons. The molecular weight excluding hydrogens is 617 g/mol. The minimum absolute atomic E-state index is 0.125. The molecule has 1 heterocycles. The topological polar surface area (TPSA) is 129 Å². The van der Waals surface area contributed by atoms with Gasteiger partial charge >= 0.3 is 5.69 Å². The van der Waals surface area contributed by atoms with Gasteiger partial charge in [-0.15, -0.1) is 0 Å². The maximum absolute atomic E-state index is 13.4. The van der Waals surface area contributed by atoms with Gasteiger partial charge in [-0.25, -0.2) is 9.37 Å². The summed E-state index contributed by atoms with van der Waals surface area (Å²) in [5.74, 6) is -1.16.